The van der Waals surface area contributed by atoms with Crippen LogP contribution in [-0.2, 0) is 4.79 Å². The molecule has 0 radical (unpaired) electrons. The van der Waals surface area contributed by atoms with Crippen molar-refractivity contribution >= 4 is 11.6 Å². The molecule has 5 nitrogen and oxygen atoms in total. The Labute approximate surface area is 153 Å². The van der Waals surface area contributed by atoms with E-state index in [0.29, 0.717) is 29.4 Å². The highest BCUT2D eigenvalue weighted by molar-refractivity contribution is 5.92. The molecular weight excluding hydrogens is 337 g/mol. The third-order valence-electron chi connectivity index (χ3n) is 4.21. The predicted molar refractivity (Wildman–Crippen MR) is 98.8 cm³/mol. The topological polar surface area (TPSA) is 56.8 Å². The molecule has 0 saturated heterocycles. The minimum absolute atomic E-state index is 0.0117. The standard InChI is InChI=1S/C20H24FNO4/c1-5-13(14-6-8-15(21)9-7-14)10-19(23)22-16-11-17(24-2)20(26-4)18(12-16)25-3/h6-9,11-13H,5,10H2,1-4H3,(H,22,23). The summed E-state index contributed by atoms with van der Waals surface area (Å²) in [6.07, 6.45) is 1.06. The first kappa shape index (κ1) is 19.6. The summed E-state index contributed by atoms with van der Waals surface area (Å²) < 4.78 is 29.0. The number of halogens is 1. The molecule has 0 aromatic heterocycles. The largest absolute Gasteiger partial charge is 0.493 e. The highest BCUT2D eigenvalue weighted by Crippen LogP contribution is 2.40. The summed E-state index contributed by atoms with van der Waals surface area (Å²) in [7, 11) is 4.56. The van der Waals surface area contributed by atoms with Crippen LogP contribution in [-0.4, -0.2) is 27.2 Å². The molecule has 1 N–H and O–H groups in total. The van der Waals surface area contributed by atoms with Gasteiger partial charge in [0, 0.05) is 24.2 Å². The van der Waals surface area contributed by atoms with Gasteiger partial charge < -0.3 is 19.5 Å². The van der Waals surface area contributed by atoms with E-state index >= 15 is 0 Å². The van der Waals surface area contributed by atoms with Crippen LogP contribution < -0.4 is 19.5 Å². The van der Waals surface area contributed by atoms with Gasteiger partial charge in [0.1, 0.15) is 5.82 Å². The molecule has 0 aliphatic rings. The number of carbonyl (C=O) groups excluding carboxylic acids is 1. The van der Waals surface area contributed by atoms with Crippen molar-refractivity contribution in [3.63, 3.8) is 0 Å². The highest BCUT2D eigenvalue weighted by atomic mass is 19.1. The van der Waals surface area contributed by atoms with Crippen LogP contribution in [0.4, 0.5) is 10.1 Å². The zero-order chi connectivity index (χ0) is 19.1. The van der Waals surface area contributed by atoms with Gasteiger partial charge in [-0.1, -0.05) is 19.1 Å². The summed E-state index contributed by atoms with van der Waals surface area (Å²) in [6.45, 7) is 2.00. The average Bonchev–Trinajstić information content (AvgIpc) is 2.65. The number of hydrogen-bond donors (Lipinski definition) is 1. The number of rotatable bonds is 8. The SMILES string of the molecule is CCC(CC(=O)Nc1cc(OC)c(OC)c(OC)c1)c1ccc(F)cc1. The van der Waals surface area contributed by atoms with Gasteiger partial charge >= 0.3 is 0 Å². The Kier molecular flexibility index (Phi) is 6.83. The van der Waals surface area contributed by atoms with Crippen LogP contribution >= 0.6 is 0 Å². The monoisotopic (exact) mass is 361 g/mol. The molecule has 1 unspecified atom stereocenters. The quantitative estimate of drug-likeness (QED) is 0.758. The Hall–Kier alpha value is -2.76. The number of ether oxygens (including phenoxy) is 3. The molecule has 0 heterocycles. The summed E-state index contributed by atoms with van der Waals surface area (Å²) in [5.74, 6) is 0.977. The van der Waals surface area contributed by atoms with Gasteiger partial charge in [0.05, 0.1) is 21.3 Å². The predicted octanol–water partition coefficient (Wildman–Crippen LogP) is 4.37. The van der Waals surface area contributed by atoms with E-state index in [1.807, 2.05) is 6.92 Å². The van der Waals surface area contributed by atoms with Crippen molar-refractivity contribution in [1.29, 1.82) is 0 Å². The first-order chi connectivity index (χ1) is 12.5. The van der Waals surface area contributed by atoms with Crippen LogP contribution in [0.5, 0.6) is 17.2 Å². The van der Waals surface area contributed by atoms with E-state index in [0.717, 1.165) is 12.0 Å². The number of nitrogens with one attached hydrogen (secondary N) is 1. The molecule has 0 aliphatic heterocycles. The first-order valence-corrected chi connectivity index (χ1v) is 8.37. The van der Waals surface area contributed by atoms with Crippen molar-refractivity contribution in [1.82, 2.24) is 0 Å². The second-order valence-corrected chi connectivity index (χ2v) is 5.82. The van der Waals surface area contributed by atoms with Gasteiger partial charge in [-0.3, -0.25) is 4.79 Å². The highest BCUT2D eigenvalue weighted by Gasteiger charge is 2.17. The van der Waals surface area contributed by atoms with Gasteiger partial charge in [-0.25, -0.2) is 4.39 Å². The smallest absolute Gasteiger partial charge is 0.224 e. The molecule has 0 saturated carbocycles. The molecule has 0 spiro atoms. The fourth-order valence-corrected chi connectivity index (χ4v) is 2.82. The molecule has 0 aliphatic carbocycles. The molecule has 140 valence electrons. The zero-order valence-corrected chi connectivity index (χ0v) is 15.5. The van der Waals surface area contributed by atoms with Crippen LogP contribution in [0, 0.1) is 5.82 Å². The summed E-state index contributed by atoms with van der Waals surface area (Å²) in [4.78, 5) is 12.5. The Morgan fingerprint density at radius 3 is 2.08 bits per heavy atom. The molecule has 0 fully saturated rings. The number of benzene rings is 2. The van der Waals surface area contributed by atoms with E-state index < -0.39 is 0 Å². The molecule has 2 aromatic rings. The maximum absolute atomic E-state index is 13.1. The Bertz CT molecular complexity index is 721. The molecule has 2 aromatic carbocycles. The molecule has 0 bridgehead atoms. The lowest BCUT2D eigenvalue weighted by Gasteiger charge is -2.17. The molecular formula is C20H24FNO4. The lowest BCUT2D eigenvalue weighted by Crippen LogP contribution is -2.15. The number of anilines is 1. The summed E-state index contributed by atoms with van der Waals surface area (Å²) in [5, 5.41) is 2.86. The Morgan fingerprint density at radius 2 is 1.62 bits per heavy atom. The van der Waals surface area contributed by atoms with Gasteiger partial charge in [-0.15, -0.1) is 0 Å². The summed E-state index contributed by atoms with van der Waals surface area (Å²) in [5.41, 5.74) is 1.49. The minimum Gasteiger partial charge on any atom is -0.493 e. The van der Waals surface area contributed by atoms with E-state index in [9.17, 15) is 9.18 Å². The normalized spacial score (nSPS) is 11.6. The van der Waals surface area contributed by atoms with Crippen molar-refractivity contribution in [2.24, 2.45) is 0 Å². The number of hydrogen-bond acceptors (Lipinski definition) is 4. The zero-order valence-electron chi connectivity index (χ0n) is 15.5. The number of amides is 1. The van der Waals surface area contributed by atoms with Gasteiger partial charge in [0.2, 0.25) is 11.7 Å². The van der Waals surface area contributed by atoms with Gasteiger partial charge in [0.15, 0.2) is 11.5 Å². The molecule has 1 amide bonds. The first-order valence-electron chi connectivity index (χ1n) is 8.37. The number of carbonyl (C=O) groups is 1. The van der Waals surface area contributed by atoms with Crippen LogP contribution in [0.3, 0.4) is 0 Å². The maximum Gasteiger partial charge on any atom is 0.224 e. The molecule has 6 heteroatoms. The third-order valence-corrected chi connectivity index (χ3v) is 4.21. The van der Waals surface area contributed by atoms with Crippen molar-refractivity contribution in [3.8, 4) is 17.2 Å². The second kappa shape index (κ2) is 9.08. The van der Waals surface area contributed by atoms with Gasteiger partial charge in [-0.2, -0.15) is 0 Å². The molecule has 26 heavy (non-hydrogen) atoms. The fraction of sp³-hybridized carbons (Fsp3) is 0.350. The van der Waals surface area contributed by atoms with Crippen molar-refractivity contribution < 1.29 is 23.4 Å². The van der Waals surface area contributed by atoms with Crippen LogP contribution in [0.25, 0.3) is 0 Å². The van der Waals surface area contributed by atoms with E-state index in [1.165, 1.54) is 33.5 Å². The van der Waals surface area contributed by atoms with E-state index in [-0.39, 0.29) is 17.6 Å². The lowest BCUT2D eigenvalue weighted by molar-refractivity contribution is -0.116. The van der Waals surface area contributed by atoms with Gasteiger partial charge in [-0.05, 0) is 30.0 Å². The van der Waals surface area contributed by atoms with Gasteiger partial charge in [0.25, 0.3) is 0 Å². The second-order valence-electron chi connectivity index (χ2n) is 5.82. The van der Waals surface area contributed by atoms with Crippen molar-refractivity contribution in [2.75, 3.05) is 26.6 Å². The third kappa shape index (κ3) is 4.65. The van der Waals surface area contributed by atoms with Crippen molar-refractivity contribution in [3.05, 3.63) is 47.8 Å². The molecule has 1 atom stereocenters. The van der Waals surface area contributed by atoms with E-state index in [2.05, 4.69) is 5.32 Å². The van der Waals surface area contributed by atoms with E-state index in [1.54, 1.807) is 24.3 Å². The van der Waals surface area contributed by atoms with Crippen LogP contribution in [0.15, 0.2) is 36.4 Å². The minimum atomic E-state index is -0.287. The maximum atomic E-state index is 13.1. The van der Waals surface area contributed by atoms with Crippen LogP contribution in [0.2, 0.25) is 0 Å². The van der Waals surface area contributed by atoms with Crippen molar-refractivity contribution in [2.45, 2.75) is 25.7 Å². The van der Waals surface area contributed by atoms with E-state index in [4.69, 9.17) is 14.2 Å². The average molecular weight is 361 g/mol. The fourth-order valence-electron chi connectivity index (χ4n) is 2.82. The van der Waals surface area contributed by atoms with Crippen LogP contribution in [0.1, 0.15) is 31.2 Å². The lowest BCUT2D eigenvalue weighted by atomic mass is 9.93. The Balaban J connectivity index is 2.14. The number of methoxy groups -OCH3 is 3. The Morgan fingerprint density at radius 1 is 1.04 bits per heavy atom. The molecule has 2 rings (SSSR count). The summed E-state index contributed by atoms with van der Waals surface area (Å²) in [6, 6.07) is 9.62. The summed E-state index contributed by atoms with van der Waals surface area (Å²) >= 11 is 0.